The predicted octanol–water partition coefficient (Wildman–Crippen LogP) is 4.01. The minimum absolute atomic E-state index is 0.0783. The van der Waals surface area contributed by atoms with Crippen molar-refractivity contribution < 1.29 is 31.9 Å². The van der Waals surface area contributed by atoms with Gasteiger partial charge in [0.25, 0.3) is 5.91 Å². The van der Waals surface area contributed by atoms with Gasteiger partial charge in [0.15, 0.2) is 0 Å². The molecular formula is C17H15F4NO3S2. The zero-order valence-electron chi connectivity index (χ0n) is 14.0. The first-order valence-electron chi connectivity index (χ1n) is 7.55. The molecule has 146 valence electrons. The molecule has 0 spiro atoms. The fraction of sp³-hybridized carbons (Fsp3) is 0.294. The van der Waals surface area contributed by atoms with Crippen LogP contribution in [0.5, 0.6) is 0 Å². The van der Waals surface area contributed by atoms with Crippen LogP contribution in [0, 0.1) is 5.82 Å². The van der Waals surface area contributed by atoms with E-state index in [1.165, 1.54) is 19.2 Å². The Balaban J connectivity index is 2.50. The number of nitrogens with zero attached hydrogens (tertiary/aromatic N) is 1. The Morgan fingerprint density at radius 3 is 2.63 bits per heavy atom. The lowest BCUT2D eigenvalue weighted by atomic mass is 9.97. The second-order valence-electron chi connectivity index (χ2n) is 5.46. The summed E-state index contributed by atoms with van der Waals surface area (Å²) >= 11 is 4.98. The Kier molecular flexibility index (Phi) is 6.63. The van der Waals surface area contributed by atoms with Crippen molar-refractivity contribution in [2.75, 3.05) is 13.7 Å². The fourth-order valence-electron chi connectivity index (χ4n) is 2.37. The maximum atomic E-state index is 13.6. The van der Waals surface area contributed by atoms with Crippen LogP contribution in [0.2, 0.25) is 0 Å². The van der Waals surface area contributed by atoms with Crippen molar-refractivity contribution in [1.82, 2.24) is 4.90 Å². The summed E-state index contributed by atoms with van der Waals surface area (Å²) in [5, 5.41) is 0. The van der Waals surface area contributed by atoms with Crippen molar-refractivity contribution in [3.63, 3.8) is 0 Å². The highest BCUT2D eigenvalue weighted by molar-refractivity contribution is 8.14. The lowest BCUT2D eigenvalue weighted by Crippen LogP contribution is -2.32. The van der Waals surface area contributed by atoms with Crippen molar-refractivity contribution in [2.45, 2.75) is 17.3 Å². The highest BCUT2D eigenvalue weighted by Crippen LogP contribution is 2.46. The molecule has 2 rings (SSSR count). The van der Waals surface area contributed by atoms with Crippen LogP contribution in [0.15, 0.2) is 41.3 Å². The molecule has 1 aromatic rings. The second kappa shape index (κ2) is 8.39. The number of benzene rings is 1. The van der Waals surface area contributed by atoms with Gasteiger partial charge < -0.3 is 9.64 Å². The molecule has 4 nitrogen and oxygen atoms in total. The van der Waals surface area contributed by atoms with Gasteiger partial charge in [-0.25, -0.2) is 4.39 Å². The zero-order valence-corrected chi connectivity index (χ0v) is 15.8. The molecular weight excluding hydrogens is 406 g/mol. The standard InChI is InChI=1S/C17H15F4NO3S2/c1-9(17(19,20)21)13(10-4-3-5-11(18)8-10)14-15(24)22(16(26)27-14)7-6-12(23)25-2/h3-5,8,16,26H,1,6-7H2,2H3/b14-13+. The molecule has 1 amide bonds. The topological polar surface area (TPSA) is 46.6 Å². The van der Waals surface area contributed by atoms with Gasteiger partial charge in [0.2, 0.25) is 0 Å². The van der Waals surface area contributed by atoms with E-state index in [2.05, 4.69) is 23.9 Å². The van der Waals surface area contributed by atoms with E-state index in [4.69, 9.17) is 0 Å². The lowest BCUT2D eigenvalue weighted by molar-refractivity contribution is -0.141. The van der Waals surface area contributed by atoms with Crippen molar-refractivity contribution in [2.24, 2.45) is 0 Å². The number of carbonyl (C=O) groups excluding carboxylic acids is 2. The third kappa shape index (κ3) is 4.86. The summed E-state index contributed by atoms with van der Waals surface area (Å²) in [5.41, 5.74) is -1.89. The van der Waals surface area contributed by atoms with Crippen molar-refractivity contribution in [3.05, 3.63) is 52.7 Å². The smallest absolute Gasteiger partial charge is 0.416 e. The van der Waals surface area contributed by atoms with Crippen LogP contribution in [0.25, 0.3) is 5.57 Å². The number of thioether (sulfide) groups is 1. The zero-order chi connectivity index (χ0) is 20.4. The van der Waals surface area contributed by atoms with Crippen molar-refractivity contribution in [1.29, 1.82) is 0 Å². The first kappa shape index (κ1) is 21.4. The largest absolute Gasteiger partial charge is 0.469 e. The minimum Gasteiger partial charge on any atom is -0.469 e. The van der Waals surface area contributed by atoms with Gasteiger partial charge in [-0.2, -0.15) is 13.2 Å². The summed E-state index contributed by atoms with van der Waals surface area (Å²) in [6, 6.07) is 4.49. The Hall–Kier alpha value is -1.94. The quantitative estimate of drug-likeness (QED) is 0.338. The third-order valence-corrected chi connectivity index (χ3v) is 5.39. The maximum Gasteiger partial charge on any atom is 0.416 e. The number of thiol groups is 1. The molecule has 0 aliphatic carbocycles. The van der Waals surface area contributed by atoms with E-state index in [0.29, 0.717) is 0 Å². The number of hydrogen-bond donors (Lipinski definition) is 1. The van der Waals surface area contributed by atoms with Crippen LogP contribution in [-0.4, -0.2) is 41.3 Å². The molecule has 1 heterocycles. The normalized spacial score (nSPS) is 19.3. The number of carbonyl (C=O) groups is 2. The molecule has 1 aliphatic rings. The maximum absolute atomic E-state index is 13.6. The van der Waals surface area contributed by atoms with E-state index >= 15 is 0 Å². The third-order valence-electron chi connectivity index (χ3n) is 3.71. The lowest BCUT2D eigenvalue weighted by Gasteiger charge is -2.19. The number of ether oxygens (including phenoxy) is 1. The highest BCUT2D eigenvalue weighted by Gasteiger charge is 2.42. The average molecular weight is 421 g/mol. The number of rotatable bonds is 5. The molecule has 1 fully saturated rings. The molecule has 0 bridgehead atoms. The number of allylic oxidation sites excluding steroid dienone is 2. The number of hydrogen-bond acceptors (Lipinski definition) is 5. The molecule has 10 heteroatoms. The first-order chi connectivity index (χ1) is 12.6. The highest BCUT2D eigenvalue weighted by atomic mass is 32.2. The van der Waals surface area contributed by atoms with Gasteiger partial charge in [-0.05, 0) is 17.7 Å². The van der Waals surface area contributed by atoms with Crippen LogP contribution >= 0.6 is 24.4 Å². The average Bonchev–Trinajstić information content (AvgIpc) is 2.86. The monoisotopic (exact) mass is 421 g/mol. The number of halogens is 4. The van der Waals surface area contributed by atoms with Gasteiger partial charge in [0.1, 0.15) is 10.5 Å². The second-order valence-corrected chi connectivity index (χ2v) is 7.39. The van der Waals surface area contributed by atoms with E-state index in [-0.39, 0.29) is 23.4 Å². The Morgan fingerprint density at radius 1 is 1.41 bits per heavy atom. The number of alkyl halides is 3. The van der Waals surface area contributed by atoms with E-state index < -0.39 is 39.7 Å². The van der Waals surface area contributed by atoms with Gasteiger partial charge in [-0.1, -0.05) is 30.5 Å². The first-order valence-corrected chi connectivity index (χ1v) is 8.95. The SMILES string of the molecule is C=C(/C(=C1\SC(S)N(CCC(=O)OC)C1=O)c1cccc(F)c1)C(F)(F)F. The van der Waals surface area contributed by atoms with Gasteiger partial charge in [-0.15, -0.1) is 12.6 Å². The molecule has 1 aromatic carbocycles. The minimum atomic E-state index is -4.82. The van der Waals surface area contributed by atoms with Crippen LogP contribution in [0.1, 0.15) is 12.0 Å². The molecule has 0 saturated carbocycles. The van der Waals surface area contributed by atoms with E-state index in [1.54, 1.807) is 0 Å². The van der Waals surface area contributed by atoms with E-state index in [0.717, 1.165) is 28.8 Å². The predicted molar refractivity (Wildman–Crippen MR) is 97.2 cm³/mol. The summed E-state index contributed by atoms with van der Waals surface area (Å²) in [5.74, 6) is -2.06. The molecule has 1 saturated heterocycles. The molecule has 27 heavy (non-hydrogen) atoms. The van der Waals surface area contributed by atoms with Gasteiger partial charge in [0.05, 0.1) is 24.0 Å². The molecule has 0 radical (unpaired) electrons. The van der Waals surface area contributed by atoms with Gasteiger partial charge >= 0.3 is 12.1 Å². The van der Waals surface area contributed by atoms with E-state index in [1.807, 2.05) is 0 Å². The number of esters is 1. The Bertz CT molecular complexity index is 808. The van der Waals surface area contributed by atoms with Crippen LogP contribution in [0.3, 0.4) is 0 Å². The van der Waals surface area contributed by atoms with Crippen LogP contribution in [-0.2, 0) is 14.3 Å². The molecule has 1 unspecified atom stereocenters. The van der Waals surface area contributed by atoms with Crippen LogP contribution < -0.4 is 0 Å². The Labute approximate surface area is 162 Å². The summed E-state index contributed by atoms with van der Waals surface area (Å²) in [4.78, 5) is 24.9. The summed E-state index contributed by atoms with van der Waals surface area (Å²) in [6.45, 7) is 2.98. The van der Waals surface area contributed by atoms with Crippen molar-refractivity contribution in [3.8, 4) is 0 Å². The molecule has 0 aromatic heterocycles. The van der Waals surface area contributed by atoms with Gasteiger partial charge in [0, 0.05) is 12.1 Å². The fourth-order valence-corrected chi connectivity index (χ4v) is 4.02. The van der Waals surface area contributed by atoms with E-state index in [9.17, 15) is 27.2 Å². The molecule has 1 aliphatic heterocycles. The number of amides is 1. The summed E-state index contributed by atoms with van der Waals surface area (Å²) < 4.78 is 57.2. The van der Waals surface area contributed by atoms with Gasteiger partial charge in [-0.3, -0.25) is 9.59 Å². The molecule has 1 atom stereocenters. The van der Waals surface area contributed by atoms with Crippen LogP contribution in [0.4, 0.5) is 17.6 Å². The van der Waals surface area contributed by atoms with Crippen molar-refractivity contribution >= 4 is 41.8 Å². The molecule has 0 N–H and O–H groups in total. The summed E-state index contributed by atoms with van der Waals surface area (Å²) in [7, 11) is 1.18. The summed E-state index contributed by atoms with van der Waals surface area (Å²) in [6.07, 6.45) is -4.95. The number of methoxy groups -OCH3 is 1. The Morgan fingerprint density at radius 2 is 2.07 bits per heavy atom.